The molecule has 33 heavy (non-hydrogen) atoms. The SMILES string of the molecule is O=C(CCCCc1c[nH]c2cc(OCCCNc3ncccn3)ccc12)Oc1ccccc1. The number of unbranched alkanes of at least 4 members (excludes halogenated alkanes) is 1. The van der Waals surface area contributed by atoms with E-state index in [4.69, 9.17) is 9.47 Å². The van der Waals surface area contributed by atoms with E-state index >= 15 is 0 Å². The van der Waals surface area contributed by atoms with Gasteiger partial charge >= 0.3 is 5.97 Å². The molecule has 0 fully saturated rings. The number of carbonyl (C=O) groups excluding carboxylic acids is 1. The van der Waals surface area contributed by atoms with E-state index < -0.39 is 0 Å². The monoisotopic (exact) mass is 444 g/mol. The van der Waals surface area contributed by atoms with Crippen LogP contribution in [0.2, 0.25) is 0 Å². The van der Waals surface area contributed by atoms with Crippen molar-refractivity contribution in [1.29, 1.82) is 0 Å². The summed E-state index contributed by atoms with van der Waals surface area (Å²) in [6.07, 6.45) is 9.36. The van der Waals surface area contributed by atoms with Gasteiger partial charge in [-0.05, 0) is 61.6 Å². The van der Waals surface area contributed by atoms with Crippen LogP contribution in [0, 0.1) is 0 Å². The molecular weight excluding hydrogens is 416 g/mol. The van der Waals surface area contributed by atoms with Crippen LogP contribution in [-0.2, 0) is 11.2 Å². The van der Waals surface area contributed by atoms with Gasteiger partial charge in [0.1, 0.15) is 11.5 Å². The molecule has 170 valence electrons. The normalized spacial score (nSPS) is 10.8. The highest BCUT2D eigenvalue weighted by Gasteiger charge is 2.08. The third-order valence-corrected chi connectivity index (χ3v) is 5.23. The standard InChI is InChI=1S/C26H28N4O3/c31-25(33-21-9-2-1-3-10-21)11-5-4-8-20-19-30-24-18-22(12-13-23(20)24)32-17-7-16-29-26-27-14-6-15-28-26/h1-3,6,9-10,12-15,18-19,30H,4-5,7-8,11,16-17H2,(H,27,28,29). The number of H-pyrrole nitrogens is 1. The Bertz CT molecular complexity index is 1150. The lowest BCUT2D eigenvalue weighted by atomic mass is 10.1. The molecule has 0 saturated carbocycles. The highest BCUT2D eigenvalue weighted by molar-refractivity contribution is 5.84. The number of nitrogens with zero attached hydrogens (tertiary/aromatic N) is 2. The number of aromatic nitrogens is 3. The highest BCUT2D eigenvalue weighted by Crippen LogP contribution is 2.25. The fraction of sp³-hybridized carbons (Fsp3) is 0.269. The Kier molecular flexibility index (Phi) is 7.89. The fourth-order valence-electron chi connectivity index (χ4n) is 3.57. The van der Waals surface area contributed by atoms with Gasteiger partial charge in [-0.25, -0.2) is 9.97 Å². The minimum Gasteiger partial charge on any atom is -0.493 e. The maximum Gasteiger partial charge on any atom is 0.311 e. The molecule has 0 aliphatic carbocycles. The van der Waals surface area contributed by atoms with Crippen LogP contribution in [0.4, 0.5) is 5.95 Å². The van der Waals surface area contributed by atoms with Gasteiger partial charge in [0.05, 0.1) is 6.61 Å². The number of hydrogen-bond donors (Lipinski definition) is 2. The van der Waals surface area contributed by atoms with E-state index in [0.29, 0.717) is 24.7 Å². The molecule has 0 amide bonds. The maximum atomic E-state index is 12.0. The number of esters is 1. The van der Waals surface area contributed by atoms with Crippen LogP contribution in [0.1, 0.15) is 31.2 Å². The summed E-state index contributed by atoms with van der Waals surface area (Å²) < 4.78 is 11.2. The zero-order valence-electron chi connectivity index (χ0n) is 18.5. The van der Waals surface area contributed by atoms with E-state index in [-0.39, 0.29) is 5.97 Å². The van der Waals surface area contributed by atoms with Gasteiger partial charge < -0.3 is 19.8 Å². The van der Waals surface area contributed by atoms with Gasteiger partial charge in [0.2, 0.25) is 5.95 Å². The zero-order valence-corrected chi connectivity index (χ0v) is 18.5. The minimum atomic E-state index is -0.187. The number of ether oxygens (including phenoxy) is 2. The topological polar surface area (TPSA) is 89.1 Å². The Balaban J connectivity index is 1.17. The summed E-state index contributed by atoms with van der Waals surface area (Å²) in [5.41, 5.74) is 2.31. The summed E-state index contributed by atoms with van der Waals surface area (Å²) in [5.74, 6) is 1.88. The molecule has 0 aliphatic rings. The second-order valence-electron chi connectivity index (χ2n) is 7.72. The Morgan fingerprint density at radius 2 is 1.79 bits per heavy atom. The summed E-state index contributed by atoms with van der Waals surface area (Å²) in [7, 11) is 0. The second kappa shape index (κ2) is 11.7. The number of para-hydroxylation sites is 1. The zero-order chi connectivity index (χ0) is 22.7. The molecule has 2 N–H and O–H groups in total. The first-order valence-corrected chi connectivity index (χ1v) is 11.3. The second-order valence-corrected chi connectivity index (χ2v) is 7.72. The molecule has 0 bridgehead atoms. The number of anilines is 1. The molecule has 2 heterocycles. The van der Waals surface area contributed by atoms with Crippen molar-refractivity contribution in [2.75, 3.05) is 18.5 Å². The fourth-order valence-corrected chi connectivity index (χ4v) is 3.57. The molecule has 0 atom stereocenters. The predicted octanol–water partition coefficient (Wildman–Crippen LogP) is 5.16. The van der Waals surface area contributed by atoms with Gasteiger partial charge in [-0.1, -0.05) is 18.2 Å². The van der Waals surface area contributed by atoms with Crippen molar-refractivity contribution in [3.8, 4) is 11.5 Å². The number of fused-ring (bicyclic) bond motifs is 1. The van der Waals surface area contributed by atoms with Crippen LogP contribution >= 0.6 is 0 Å². The van der Waals surface area contributed by atoms with E-state index in [9.17, 15) is 4.79 Å². The van der Waals surface area contributed by atoms with Gasteiger partial charge in [-0.15, -0.1) is 0 Å². The number of aryl methyl sites for hydroxylation is 1. The molecule has 0 aliphatic heterocycles. The summed E-state index contributed by atoms with van der Waals surface area (Å²) in [6, 6.07) is 17.1. The number of hydrogen-bond acceptors (Lipinski definition) is 6. The molecular formula is C26H28N4O3. The molecule has 2 aromatic heterocycles. The average molecular weight is 445 g/mol. The Labute approximate surface area is 193 Å². The summed E-state index contributed by atoms with van der Waals surface area (Å²) >= 11 is 0. The predicted molar refractivity (Wildman–Crippen MR) is 129 cm³/mol. The van der Waals surface area contributed by atoms with E-state index in [2.05, 4.69) is 26.3 Å². The Morgan fingerprint density at radius 1 is 0.939 bits per heavy atom. The molecule has 7 heteroatoms. The molecule has 2 aromatic carbocycles. The van der Waals surface area contributed by atoms with Crippen LogP contribution in [-0.4, -0.2) is 34.1 Å². The number of aromatic amines is 1. The van der Waals surface area contributed by atoms with Gasteiger partial charge in [0, 0.05) is 48.5 Å². The van der Waals surface area contributed by atoms with Crippen LogP contribution < -0.4 is 14.8 Å². The van der Waals surface area contributed by atoms with Gasteiger partial charge in [0.15, 0.2) is 0 Å². The maximum absolute atomic E-state index is 12.0. The Hall–Kier alpha value is -3.87. The van der Waals surface area contributed by atoms with E-state index in [0.717, 1.165) is 43.5 Å². The third-order valence-electron chi connectivity index (χ3n) is 5.23. The van der Waals surface area contributed by atoms with E-state index in [1.165, 1.54) is 10.9 Å². The Morgan fingerprint density at radius 3 is 2.64 bits per heavy atom. The van der Waals surface area contributed by atoms with Crippen molar-refractivity contribution in [3.05, 3.63) is 78.8 Å². The first-order chi connectivity index (χ1) is 16.3. The van der Waals surface area contributed by atoms with Crippen molar-refractivity contribution < 1.29 is 14.3 Å². The van der Waals surface area contributed by atoms with Crippen LogP contribution in [0.5, 0.6) is 11.5 Å². The minimum absolute atomic E-state index is 0.187. The van der Waals surface area contributed by atoms with Crippen molar-refractivity contribution in [3.63, 3.8) is 0 Å². The third kappa shape index (κ3) is 6.80. The van der Waals surface area contributed by atoms with Crippen molar-refractivity contribution in [2.45, 2.75) is 32.1 Å². The van der Waals surface area contributed by atoms with Crippen molar-refractivity contribution in [1.82, 2.24) is 15.0 Å². The van der Waals surface area contributed by atoms with Gasteiger partial charge in [0.25, 0.3) is 0 Å². The first-order valence-electron chi connectivity index (χ1n) is 11.3. The van der Waals surface area contributed by atoms with E-state index in [1.807, 2.05) is 36.5 Å². The largest absolute Gasteiger partial charge is 0.493 e. The quantitative estimate of drug-likeness (QED) is 0.178. The van der Waals surface area contributed by atoms with Crippen LogP contribution in [0.3, 0.4) is 0 Å². The lowest BCUT2D eigenvalue weighted by Crippen LogP contribution is -2.09. The van der Waals surface area contributed by atoms with Crippen LogP contribution in [0.25, 0.3) is 10.9 Å². The molecule has 0 spiro atoms. The lowest BCUT2D eigenvalue weighted by molar-refractivity contribution is -0.134. The highest BCUT2D eigenvalue weighted by atomic mass is 16.5. The number of rotatable bonds is 12. The van der Waals surface area contributed by atoms with Crippen molar-refractivity contribution in [2.24, 2.45) is 0 Å². The molecule has 7 nitrogen and oxygen atoms in total. The smallest absolute Gasteiger partial charge is 0.311 e. The lowest BCUT2D eigenvalue weighted by Gasteiger charge is -2.07. The number of carbonyl (C=O) groups is 1. The number of nitrogens with one attached hydrogen (secondary N) is 2. The summed E-state index contributed by atoms with van der Waals surface area (Å²) in [6.45, 7) is 1.36. The number of benzene rings is 2. The average Bonchev–Trinajstić information content (AvgIpc) is 3.25. The molecule has 0 saturated heterocycles. The van der Waals surface area contributed by atoms with Gasteiger partial charge in [-0.3, -0.25) is 4.79 Å². The van der Waals surface area contributed by atoms with E-state index in [1.54, 1.807) is 30.6 Å². The molecule has 4 rings (SSSR count). The molecule has 0 unspecified atom stereocenters. The molecule has 4 aromatic rings. The first kappa shape index (κ1) is 22.3. The molecule has 0 radical (unpaired) electrons. The van der Waals surface area contributed by atoms with Crippen LogP contribution in [0.15, 0.2) is 73.2 Å². The van der Waals surface area contributed by atoms with Gasteiger partial charge in [-0.2, -0.15) is 0 Å². The summed E-state index contributed by atoms with van der Waals surface area (Å²) in [4.78, 5) is 23.6. The summed E-state index contributed by atoms with van der Waals surface area (Å²) in [5, 5.41) is 4.36. The van der Waals surface area contributed by atoms with Crippen molar-refractivity contribution >= 4 is 22.8 Å².